The van der Waals surface area contributed by atoms with Gasteiger partial charge in [-0.3, -0.25) is 5.41 Å². The molecular formula is C4H11N3S. The molecule has 0 aromatic heterocycles. The van der Waals surface area contributed by atoms with Crippen LogP contribution in [0.1, 0.15) is 13.8 Å². The summed E-state index contributed by atoms with van der Waals surface area (Å²) in [4.78, 5) is -0.383. The molecule has 0 radical (unpaired) electrons. The zero-order valence-electron chi connectivity index (χ0n) is 5.02. The zero-order valence-corrected chi connectivity index (χ0v) is 5.92. The molecule has 0 fully saturated rings. The molecule has 0 bridgehead atoms. The Labute approximate surface area is 54.6 Å². The normalized spacial score (nSPS) is 10.9. The van der Waals surface area contributed by atoms with E-state index in [1.807, 2.05) is 13.8 Å². The van der Waals surface area contributed by atoms with Crippen molar-refractivity contribution in [1.29, 1.82) is 5.41 Å². The van der Waals surface area contributed by atoms with Crippen molar-refractivity contribution in [2.24, 2.45) is 5.73 Å². The van der Waals surface area contributed by atoms with Crippen LogP contribution in [0, 0.1) is 5.41 Å². The standard InChI is InChI=1S/C4H11N3S/c1-4(2,8)7-3(5)6/h8H,1-2H3,(H4,5,6,7). The first kappa shape index (κ1) is 7.62. The average Bonchev–Trinajstić information content (AvgIpc) is 1.21. The van der Waals surface area contributed by atoms with Gasteiger partial charge in [0.05, 0.1) is 4.87 Å². The first-order valence-corrected chi connectivity index (χ1v) is 2.71. The summed E-state index contributed by atoms with van der Waals surface area (Å²) in [5.74, 6) is -0.0509. The van der Waals surface area contributed by atoms with Crippen molar-refractivity contribution in [1.82, 2.24) is 5.32 Å². The van der Waals surface area contributed by atoms with E-state index in [4.69, 9.17) is 11.1 Å². The van der Waals surface area contributed by atoms with Crippen LogP contribution in [-0.2, 0) is 0 Å². The van der Waals surface area contributed by atoms with Crippen LogP contribution in [-0.4, -0.2) is 10.8 Å². The summed E-state index contributed by atoms with van der Waals surface area (Å²) in [6.45, 7) is 3.63. The second-order valence-electron chi connectivity index (χ2n) is 2.10. The molecule has 0 spiro atoms. The SMILES string of the molecule is CC(C)(S)NC(=N)N. The molecule has 0 saturated heterocycles. The first-order chi connectivity index (χ1) is 3.42. The second-order valence-corrected chi connectivity index (χ2v) is 3.22. The van der Waals surface area contributed by atoms with E-state index in [1.54, 1.807) is 0 Å². The van der Waals surface area contributed by atoms with E-state index in [1.165, 1.54) is 0 Å². The second kappa shape index (κ2) is 2.26. The summed E-state index contributed by atoms with van der Waals surface area (Å²) < 4.78 is 0. The lowest BCUT2D eigenvalue weighted by Crippen LogP contribution is -2.42. The van der Waals surface area contributed by atoms with Gasteiger partial charge in [0, 0.05) is 0 Å². The van der Waals surface area contributed by atoms with E-state index < -0.39 is 0 Å². The molecule has 4 N–H and O–H groups in total. The Bertz CT molecular complexity index is 93.9. The molecule has 0 rings (SSSR count). The quantitative estimate of drug-likeness (QED) is 0.178. The maximum absolute atomic E-state index is 6.77. The van der Waals surface area contributed by atoms with Crippen molar-refractivity contribution in [3.05, 3.63) is 0 Å². The van der Waals surface area contributed by atoms with E-state index >= 15 is 0 Å². The third-order valence-electron chi connectivity index (χ3n) is 0.441. The van der Waals surface area contributed by atoms with Gasteiger partial charge in [0.15, 0.2) is 5.96 Å². The van der Waals surface area contributed by atoms with Gasteiger partial charge in [0.1, 0.15) is 0 Å². The third-order valence-corrected chi connectivity index (χ3v) is 0.552. The van der Waals surface area contributed by atoms with Gasteiger partial charge in [-0.05, 0) is 13.8 Å². The number of guanidine groups is 1. The summed E-state index contributed by atoms with van der Waals surface area (Å²) in [7, 11) is 0. The van der Waals surface area contributed by atoms with Crippen molar-refractivity contribution in [2.45, 2.75) is 18.7 Å². The van der Waals surface area contributed by atoms with Crippen LogP contribution >= 0.6 is 12.6 Å². The van der Waals surface area contributed by atoms with Gasteiger partial charge in [-0.15, -0.1) is 0 Å². The van der Waals surface area contributed by atoms with Crippen LogP contribution in [0.15, 0.2) is 0 Å². The Morgan fingerprint density at radius 2 is 2.12 bits per heavy atom. The Morgan fingerprint density at radius 1 is 1.75 bits per heavy atom. The zero-order chi connectivity index (χ0) is 6.78. The maximum atomic E-state index is 6.77. The summed E-state index contributed by atoms with van der Waals surface area (Å²) in [6.07, 6.45) is 0. The predicted molar refractivity (Wildman–Crippen MR) is 38.1 cm³/mol. The summed E-state index contributed by atoms with van der Waals surface area (Å²) >= 11 is 4.06. The van der Waals surface area contributed by atoms with Crippen LogP contribution in [0.4, 0.5) is 0 Å². The van der Waals surface area contributed by atoms with Crippen LogP contribution in [0.5, 0.6) is 0 Å². The van der Waals surface area contributed by atoms with Gasteiger partial charge < -0.3 is 11.1 Å². The topological polar surface area (TPSA) is 61.9 Å². The Kier molecular flexibility index (Phi) is 2.15. The van der Waals surface area contributed by atoms with Gasteiger partial charge in [0.2, 0.25) is 0 Å². The smallest absolute Gasteiger partial charge is 0.186 e. The van der Waals surface area contributed by atoms with Crippen LogP contribution in [0.2, 0.25) is 0 Å². The van der Waals surface area contributed by atoms with E-state index in [-0.39, 0.29) is 10.8 Å². The predicted octanol–water partition coefficient (Wildman–Crippen LogP) is 0.135. The van der Waals surface area contributed by atoms with E-state index in [9.17, 15) is 0 Å². The minimum absolute atomic E-state index is 0.0509. The Balaban J connectivity index is 3.55. The molecular weight excluding hydrogens is 122 g/mol. The lowest BCUT2D eigenvalue weighted by atomic mass is 10.4. The number of nitrogens with one attached hydrogen (secondary N) is 2. The number of nitrogens with two attached hydrogens (primary N) is 1. The largest absolute Gasteiger partial charge is 0.370 e. The highest BCUT2D eigenvalue weighted by molar-refractivity contribution is 7.81. The van der Waals surface area contributed by atoms with Crippen molar-refractivity contribution < 1.29 is 0 Å². The lowest BCUT2D eigenvalue weighted by Gasteiger charge is -2.18. The van der Waals surface area contributed by atoms with Crippen LogP contribution < -0.4 is 11.1 Å². The van der Waals surface area contributed by atoms with E-state index in [2.05, 4.69) is 17.9 Å². The molecule has 0 unspecified atom stereocenters. The van der Waals surface area contributed by atoms with Gasteiger partial charge >= 0.3 is 0 Å². The molecule has 0 aromatic carbocycles. The molecule has 0 saturated carbocycles. The van der Waals surface area contributed by atoms with Gasteiger partial charge in [0.25, 0.3) is 0 Å². The highest BCUT2D eigenvalue weighted by atomic mass is 32.1. The van der Waals surface area contributed by atoms with Gasteiger partial charge in [-0.25, -0.2) is 0 Å². The summed E-state index contributed by atoms with van der Waals surface area (Å²) in [5, 5.41) is 9.37. The number of thiol groups is 1. The molecule has 0 aliphatic carbocycles. The molecule has 48 valence electrons. The minimum atomic E-state index is -0.383. The monoisotopic (exact) mass is 133 g/mol. The molecule has 4 heteroatoms. The summed E-state index contributed by atoms with van der Waals surface area (Å²) in [5.41, 5.74) is 5.00. The molecule has 0 heterocycles. The van der Waals surface area contributed by atoms with Crippen LogP contribution in [0.3, 0.4) is 0 Å². The van der Waals surface area contributed by atoms with Gasteiger partial charge in [-0.1, -0.05) is 0 Å². The highest BCUT2D eigenvalue weighted by Crippen LogP contribution is 2.04. The highest BCUT2D eigenvalue weighted by Gasteiger charge is 2.08. The molecule has 0 aliphatic rings. The van der Waals surface area contributed by atoms with Gasteiger partial charge in [-0.2, -0.15) is 12.6 Å². The van der Waals surface area contributed by atoms with E-state index in [0.29, 0.717) is 0 Å². The Morgan fingerprint density at radius 3 is 2.12 bits per heavy atom. The number of rotatable bonds is 1. The maximum Gasteiger partial charge on any atom is 0.186 e. The first-order valence-electron chi connectivity index (χ1n) is 2.26. The molecule has 0 aliphatic heterocycles. The fourth-order valence-corrected chi connectivity index (χ4v) is 0.450. The molecule has 0 amide bonds. The van der Waals surface area contributed by atoms with Crippen molar-refractivity contribution in [2.75, 3.05) is 0 Å². The third kappa shape index (κ3) is 5.62. The Hall–Kier alpha value is -0.380. The fraction of sp³-hybridized carbons (Fsp3) is 0.750. The van der Waals surface area contributed by atoms with Crippen LogP contribution in [0.25, 0.3) is 0 Å². The number of hydrogen-bond donors (Lipinski definition) is 4. The molecule has 3 nitrogen and oxygen atoms in total. The van der Waals surface area contributed by atoms with Crippen molar-refractivity contribution >= 4 is 18.6 Å². The molecule has 0 aromatic rings. The minimum Gasteiger partial charge on any atom is -0.370 e. The molecule has 0 atom stereocenters. The molecule has 8 heavy (non-hydrogen) atoms. The van der Waals surface area contributed by atoms with Crippen molar-refractivity contribution in [3.8, 4) is 0 Å². The van der Waals surface area contributed by atoms with E-state index in [0.717, 1.165) is 0 Å². The van der Waals surface area contributed by atoms with Crippen molar-refractivity contribution in [3.63, 3.8) is 0 Å². The average molecular weight is 133 g/mol. The summed E-state index contributed by atoms with van der Waals surface area (Å²) in [6, 6.07) is 0. The number of hydrogen-bond acceptors (Lipinski definition) is 2. The fourth-order valence-electron chi connectivity index (χ4n) is 0.330. The lowest BCUT2D eigenvalue weighted by molar-refractivity contribution is 0.667.